The van der Waals surface area contributed by atoms with Crippen molar-refractivity contribution in [3.05, 3.63) is 46.5 Å². The van der Waals surface area contributed by atoms with Crippen molar-refractivity contribution in [1.82, 2.24) is 10.3 Å². The Kier molecular flexibility index (Phi) is 6.35. The number of methoxy groups -OCH3 is 1. The summed E-state index contributed by atoms with van der Waals surface area (Å²) in [6.45, 7) is 1.23. The van der Waals surface area contributed by atoms with E-state index < -0.39 is 0 Å². The van der Waals surface area contributed by atoms with E-state index in [0.717, 1.165) is 36.3 Å². The third-order valence-corrected chi connectivity index (χ3v) is 5.40. The Labute approximate surface area is 157 Å². The minimum atomic E-state index is -0.236. The number of aromatic nitrogens is 1. The van der Waals surface area contributed by atoms with Crippen LogP contribution in [-0.4, -0.2) is 37.1 Å². The van der Waals surface area contributed by atoms with Gasteiger partial charge in [-0.25, -0.2) is 4.98 Å². The molecule has 1 aromatic heterocycles. The van der Waals surface area contributed by atoms with Crippen LogP contribution in [0.4, 0.5) is 5.13 Å². The van der Waals surface area contributed by atoms with Crippen LogP contribution < -0.4 is 10.6 Å². The molecule has 138 valence electrons. The largest absolute Gasteiger partial charge is 0.385 e. The number of carbonyl (C=O) groups is 2. The van der Waals surface area contributed by atoms with E-state index in [1.807, 2.05) is 18.2 Å². The van der Waals surface area contributed by atoms with E-state index >= 15 is 0 Å². The van der Waals surface area contributed by atoms with E-state index in [0.29, 0.717) is 23.8 Å². The van der Waals surface area contributed by atoms with Gasteiger partial charge in [0.15, 0.2) is 5.13 Å². The summed E-state index contributed by atoms with van der Waals surface area (Å²) < 4.78 is 5.00. The van der Waals surface area contributed by atoms with E-state index in [1.54, 1.807) is 19.2 Å². The number of aryl methyl sites for hydroxylation is 1. The van der Waals surface area contributed by atoms with Crippen LogP contribution in [0.3, 0.4) is 0 Å². The third-order valence-electron chi connectivity index (χ3n) is 4.35. The topological polar surface area (TPSA) is 80.3 Å². The van der Waals surface area contributed by atoms with Gasteiger partial charge in [0.05, 0.1) is 11.6 Å². The van der Waals surface area contributed by atoms with E-state index in [-0.39, 0.29) is 17.7 Å². The average molecular weight is 373 g/mol. The smallest absolute Gasteiger partial charge is 0.257 e. The van der Waals surface area contributed by atoms with Crippen LogP contribution in [-0.2, 0) is 16.0 Å². The highest BCUT2D eigenvalue weighted by molar-refractivity contribution is 7.15. The molecule has 0 radical (unpaired) electrons. The number of hydrogen-bond donors (Lipinski definition) is 2. The zero-order chi connectivity index (χ0) is 18.4. The summed E-state index contributed by atoms with van der Waals surface area (Å²) in [4.78, 5) is 30.5. The predicted molar refractivity (Wildman–Crippen MR) is 102 cm³/mol. The number of fused-ring (bicyclic) bond motifs is 1. The van der Waals surface area contributed by atoms with E-state index in [4.69, 9.17) is 4.74 Å². The number of thiazole rings is 1. The average Bonchev–Trinajstić information content (AvgIpc) is 3.08. The quantitative estimate of drug-likeness (QED) is 0.731. The van der Waals surface area contributed by atoms with Gasteiger partial charge in [-0.15, -0.1) is 11.3 Å². The summed E-state index contributed by atoms with van der Waals surface area (Å²) in [5.74, 6) is -0.412. The Morgan fingerprint density at radius 2 is 2.12 bits per heavy atom. The molecule has 7 heteroatoms. The number of hydrogen-bond acceptors (Lipinski definition) is 5. The molecule has 0 spiro atoms. The number of rotatable bonds is 7. The molecule has 0 saturated heterocycles. The van der Waals surface area contributed by atoms with Crippen molar-refractivity contribution in [3.63, 3.8) is 0 Å². The van der Waals surface area contributed by atoms with Crippen molar-refractivity contribution < 1.29 is 14.3 Å². The van der Waals surface area contributed by atoms with Crippen LogP contribution in [0.25, 0.3) is 0 Å². The monoisotopic (exact) mass is 373 g/mol. The van der Waals surface area contributed by atoms with Crippen molar-refractivity contribution in [2.45, 2.75) is 31.6 Å². The number of carbonyl (C=O) groups excluding carboxylic acids is 2. The maximum absolute atomic E-state index is 12.5. The lowest BCUT2D eigenvalue weighted by atomic mass is 9.90. The third kappa shape index (κ3) is 4.47. The molecule has 1 aliphatic rings. The van der Waals surface area contributed by atoms with Gasteiger partial charge in [-0.05, 0) is 37.8 Å². The minimum absolute atomic E-state index is 0.00767. The second-order valence-corrected chi connectivity index (χ2v) is 7.31. The number of nitrogens with zero attached hydrogens (tertiary/aromatic N) is 1. The lowest BCUT2D eigenvalue weighted by Gasteiger charge is -2.20. The number of amides is 2. The fourth-order valence-electron chi connectivity index (χ4n) is 3.04. The highest BCUT2D eigenvalue weighted by Crippen LogP contribution is 2.36. The van der Waals surface area contributed by atoms with Crippen molar-refractivity contribution in [2.75, 3.05) is 25.6 Å². The first-order valence-electron chi connectivity index (χ1n) is 8.81. The van der Waals surface area contributed by atoms with Crippen LogP contribution >= 0.6 is 11.3 Å². The van der Waals surface area contributed by atoms with E-state index in [1.165, 1.54) is 11.3 Å². The molecular formula is C19H23N3O3S. The first-order valence-corrected chi connectivity index (χ1v) is 9.63. The molecule has 3 rings (SSSR count). The van der Waals surface area contributed by atoms with Gasteiger partial charge in [0, 0.05) is 30.7 Å². The summed E-state index contributed by atoms with van der Waals surface area (Å²) in [5, 5.41) is 6.38. The first kappa shape index (κ1) is 18.5. The van der Waals surface area contributed by atoms with Crippen LogP contribution in [0.15, 0.2) is 30.3 Å². The number of anilines is 1. The van der Waals surface area contributed by atoms with Crippen LogP contribution in [0.1, 0.15) is 46.1 Å². The fraction of sp³-hybridized carbons (Fsp3) is 0.421. The van der Waals surface area contributed by atoms with Crippen molar-refractivity contribution in [1.29, 1.82) is 0 Å². The van der Waals surface area contributed by atoms with Gasteiger partial charge in [0.1, 0.15) is 0 Å². The lowest BCUT2D eigenvalue weighted by Crippen LogP contribution is -2.32. The van der Waals surface area contributed by atoms with Crippen molar-refractivity contribution in [3.8, 4) is 0 Å². The van der Waals surface area contributed by atoms with Gasteiger partial charge in [-0.1, -0.05) is 18.2 Å². The fourth-order valence-corrected chi connectivity index (χ4v) is 4.10. The van der Waals surface area contributed by atoms with Gasteiger partial charge >= 0.3 is 0 Å². The molecule has 1 heterocycles. The molecule has 2 N–H and O–H groups in total. The molecule has 1 aliphatic carbocycles. The molecule has 1 aromatic carbocycles. The zero-order valence-corrected chi connectivity index (χ0v) is 15.6. The molecule has 0 saturated carbocycles. The maximum atomic E-state index is 12.5. The van der Waals surface area contributed by atoms with Crippen molar-refractivity contribution >= 4 is 28.3 Å². The van der Waals surface area contributed by atoms with Gasteiger partial charge in [0.2, 0.25) is 5.91 Å². The normalized spacial score (nSPS) is 16.0. The van der Waals surface area contributed by atoms with Gasteiger partial charge in [-0.3, -0.25) is 14.9 Å². The van der Waals surface area contributed by atoms with Crippen LogP contribution in [0, 0.1) is 0 Å². The highest BCUT2D eigenvalue weighted by atomic mass is 32.1. The molecule has 6 nitrogen and oxygen atoms in total. The Balaban J connectivity index is 1.67. The van der Waals surface area contributed by atoms with E-state index in [9.17, 15) is 9.59 Å². The maximum Gasteiger partial charge on any atom is 0.257 e. The first-order chi connectivity index (χ1) is 12.7. The molecular weight excluding hydrogens is 350 g/mol. The van der Waals surface area contributed by atoms with Crippen LogP contribution in [0.2, 0.25) is 0 Å². The highest BCUT2D eigenvalue weighted by Gasteiger charge is 2.30. The summed E-state index contributed by atoms with van der Waals surface area (Å²) in [6, 6.07) is 9.05. The second-order valence-electron chi connectivity index (χ2n) is 6.23. The van der Waals surface area contributed by atoms with Crippen molar-refractivity contribution in [2.24, 2.45) is 0 Å². The van der Waals surface area contributed by atoms with Gasteiger partial charge < -0.3 is 10.1 Å². The Bertz CT molecular complexity index is 761. The molecule has 2 amide bonds. The van der Waals surface area contributed by atoms with Crippen LogP contribution in [0.5, 0.6) is 0 Å². The second kappa shape index (κ2) is 8.91. The number of ether oxygens (including phenoxy) is 1. The lowest BCUT2D eigenvalue weighted by molar-refractivity contribution is -0.123. The summed E-state index contributed by atoms with van der Waals surface area (Å²) in [6.07, 6.45) is 3.44. The number of benzene rings is 1. The predicted octanol–water partition coefficient (Wildman–Crippen LogP) is 2.97. The zero-order valence-electron chi connectivity index (χ0n) is 14.8. The Morgan fingerprint density at radius 3 is 2.88 bits per heavy atom. The van der Waals surface area contributed by atoms with Gasteiger partial charge in [0.25, 0.3) is 5.91 Å². The summed E-state index contributed by atoms with van der Waals surface area (Å²) in [5.41, 5.74) is 1.40. The SMILES string of the molecule is COCCCNC(=O)C1CCCc2sc(NC(=O)c3ccccc3)nc21. The molecule has 0 fully saturated rings. The molecule has 26 heavy (non-hydrogen) atoms. The molecule has 1 unspecified atom stereocenters. The Hall–Kier alpha value is -2.25. The minimum Gasteiger partial charge on any atom is -0.385 e. The molecule has 1 atom stereocenters. The molecule has 2 aromatic rings. The van der Waals surface area contributed by atoms with E-state index in [2.05, 4.69) is 15.6 Å². The standard InChI is InChI=1S/C19H23N3O3S/c1-25-12-6-11-20-18(24)14-9-5-10-15-16(14)21-19(26-15)22-17(23)13-7-3-2-4-8-13/h2-4,7-8,14H,5-6,9-12H2,1H3,(H,20,24)(H,21,22,23). The number of nitrogens with one attached hydrogen (secondary N) is 2. The molecule has 0 aliphatic heterocycles. The molecule has 0 bridgehead atoms. The van der Waals surface area contributed by atoms with Gasteiger partial charge in [-0.2, -0.15) is 0 Å². The summed E-state index contributed by atoms with van der Waals surface area (Å²) in [7, 11) is 1.65. The summed E-state index contributed by atoms with van der Waals surface area (Å²) >= 11 is 1.47. The Morgan fingerprint density at radius 1 is 1.31 bits per heavy atom.